The van der Waals surface area contributed by atoms with E-state index >= 15 is 0 Å². The summed E-state index contributed by atoms with van der Waals surface area (Å²) in [5.41, 5.74) is 0.747. The maximum Gasteiger partial charge on any atom is 0.141 e. The normalized spacial score (nSPS) is 24.1. The van der Waals surface area contributed by atoms with Crippen LogP contribution < -0.4 is 4.90 Å². The molecule has 0 radical (unpaired) electrons. The van der Waals surface area contributed by atoms with E-state index in [0.717, 1.165) is 43.0 Å². The minimum Gasteiger partial charge on any atom is -0.390 e. The zero-order valence-corrected chi connectivity index (χ0v) is 13.1. The third kappa shape index (κ3) is 2.40. The number of aliphatic hydroxyl groups is 1. The van der Waals surface area contributed by atoms with Gasteiger partial charge in [0.05, 0.1) is 11.0 Å². The lowest BCUT2D eigenvalue weighted by atomic mass is 9.98. The first-order chi connectivity index (χ1) is 9.48. The van der Waals surface area contributed by atoms with Crippen LogP contribution in [0.25, 0.3) is 10.2 Å². The van der Waals surface area contributed by atoms with E-state index in [0.29, 0.717) is 0 Å². The van der Waals surface area contributed by atoms with Crippen molar-refractivity contribution in [2.75, 3.05) is 18.0 Å². The van der Waals surface area contributed by atoms with Crippen LogP contribution in [-0.4, -0.2) is 33.8 Å². The number of nitrogens with zero attached hydrogens (tertiary/aromatic N) is 3. The molecule has 1 fully saturated rings. The van der Waals surface area contributed by atoms with Gasteiger partial charge in [-0.2, -0.15) is 0 Å². The van der Waals surface area contributed by atoms with Crippen molar-refractivity contribution in [1.82, 2.24) is 9.97 Å². The number of anilines is 1. The van der Waals surface area contributed by atoms with Crippen LogP contribution in [0.1, 0.15) is 36.6 Å². The van der Waals surface area contributed by atoms with E-state index in [2.05, 4.69) is 28.7 Å². The largest absolute Gasteiger partial charge is 0.390 e. The van der Waals surface area contributed by atoms with Gasteiger partial charge in [-0.1, -0.05) is 0 Å². The van der Waals surface area contributed by atoms with Crippen molar-refractivity contribution in [2.24, 2.45) is 0 Å². The number of rotatable bonds is 1. The molecule has 1 unspecified atom stereocenters. The number of hydrogen-bond donors (Lipinski definition) is 1. The van der Waals surface area contributed by atoms with Gasteiger partial charge in [0, 0.05) is 18.0 Å². The number of fused-ring (bicyclic) bond motifs is 1. The fourth-order valence-electron chi connectivity index (χ4n) is 2.88. The molecule has 1 N–H and O–H groups in total. The summed E-state index contributed by atoms with van der Waals surface area (Å²) in [5.74, 6) is 1.04. The van der Waals surface area contributed by atoms with Gasteiger partial charge < -0.3 is 10.0 Å². The van der Waals surface area contributed by atoms with Gasteiger partial charge in [0.1, 0.15) is 17.0 Å². The smallest absolute Gasteiger partial charge is 0.141 e. The van der Waals surface area contributed by atoms with Gasteiger partial charge >= 0.3 is 0 Å². The third-order valence-electron chi connectivity index (χ3n) is 4.31. The Morgan fingerprint density at radius 3 is 2.85 bits per heavy atom. The van der Waals surface area contributed by atoms with Crippen LogP contribution in [-0.2, 0) is 0 Å². The van der Waals surface area contributed by atoms with Crippen molar-refractivity contribution in [3.05, 3.63) is 16.8 Å². The minimum atomic E-state index is -0.541. The van der Waals surface area contributed by atoms with Crippen LogP contribution in [0.5, 0.6) is 0 Å². The van der Waals surface area contributed by atoms with Crippen LogP contribution in [0, 0.1) is 13.8 Å². The zero-order valence-electron chi connectivity index (χ0n) is 12.3. The highest BCUT2D eigenvalue weighted by Gasteiger charge is 2.26. The molecular formula is C15H21N3OS. The Hall–Kier alpha value is -1.20. The molecule has 0 aromatic carbocycles. The standard InChI is InChI=1S/C15H21N3OS/c1-10-11(2)20-14-12(10)13(16-9-17-14)18-7-4-5-15(3,19)6-8-18/h9,19H,4-8H2,1-3H3. The van der Waals surface area contributed by atoms with Crippen molar-refractivity contribution in [1.29, 1.82) is 0 Å². The summed E-state index contributed by atoms with van der Waals surface area (Å²) >= 11 is 1.73. The molecule has 3 rings (SSSR count). The van der Waals surface area contributed by atoms with Crippen LogP contribution in [0.3, 0.4) is 0 Å². The topological polar surface area (TPSA) is 49.2 Å². The van der Waals surface area contributed by atoms with E-state index < -0.39 is 5.60 Å². The van der Waals surface area contributed by atoms with E-state index in [4.69, 9.17) is 0 Å². The van der Waals surface area contributed by atoms with Crippen molar-refractivity contribution < 1.29 is 5.11 Å². The van der Waals surface area contributed by atoms with Crippen molar-refractivity contribution in [3.63, 3.8) is 0 Å². The molecule has 1 aliphatic rings. The van der Waals surface area contributed by atoms with Gasteiger partial charge in [-0.25, -0.2) is 9.97 Å². The van der Waals surface area contributed by atoms with E-state index in [-0.39, 0.29) is 0 Å². The highest BCUT2D eigenvalue weighted by atomic mass is 32.1. The molecule has 2 aromatic heterocycles. The van der Waals surface area contributed by atoms with Gasteiger partial charge in [-0.3, -0.25) is 0 Å². The molecule has 5 heteroatoms. The first kappa shape index (κ1) is 13.8. The maximum atomic E-state index is 10.2. The van der Waals surface area contributed by atoms with E-state index in [1.54, 1.807) is 17.7 Å². The molecule has 1 aliphatic heterocycles. The van der Waals surface area contributed by atoms with Gasteiger partial charge in [-0.05, 0) is 45.6 Å². The molecular weight excluding hydrogens is 270 g/mol. The number of hydrogen-bond acceptors (Lipinski definition) is 5. The second-order valence-electron chi connectivity index (χ2n) is 6.00. The summed E-state index contributed by atoms with van der Waals surface area (Å²) in [6, 6.07) is 0. The highest BCUT2D eigenvalue weighted by molar-refractivity contribution is 7.18. The molecule has 4 nitrogen and oxygen atoms in total. The summed E-state index contributed by atoms with van der Waals surface area (Å²) in [7, 11) is 0. The molecule has 0 spiro atoms. The monoisotopic (exact) mass is 291 g/mol. The summed E-state index contributed by atoms with van der Waals surface area (Å²) in [6.45, 7) is 8.03. The Labute approximate surface area is 123 Å². The summed E-state index contributed by atoms with van der Waals surface area (Å²) in [4.78, 5) is 13.6. The van der Waals surface area contributed by atoms with Crippen LogP contribution in [0.4, 0.5) is 5.82 Å². The van der Waals surface area contributed by atoms with Gasteiger partial charge in [0.25, 0.3) is 0 Å². The summed E-state index contributed by atoms with van der Waals surface area (Å²) in [5, 5.41) is 11.4. The molecule has 1 saturated heterocycles. The minimum absolute atomic E-state index is 0.541. The van der Waals surface area contributed by atoms with Crippen LogP contribution in [0.15, 0.2) is 6.33 Å². The van der Waals surface area contributed by atoms with E-state index in [1.165, 1.54) is 15.8 Å². The number of thiophene rings is 1. The Bertz CT molecular complexity index is 635. The van der Waals surface area contributed by atoms with Crippen LogP contribution in [0.2, 0.25) is 0 Å². The SMILES string of the molecule is Cc1sc2ncnc(N3CCCC(C)(O)CC3)c2c1C. The molecule has 1 atom stereocenters. The van der Waals surface area contributed by atoms with E-state index in [9.17, 15) is 5.11 Å². The zero-order chi connectivity index (χ0) is 14.3. The average molecular weight is 291 g/mol. The van der Waals surface area contributed by atoms with Gasteiger partial charge in [-0.15, -0.1) is 11.3 Å². The first-order valence-corrected chi connectivity index (χ1v) is 7.98. The van der Waals surface area contributed by atoms with Gasteiger partial charge in [0.15, 0.2) is 0 Å². The third-order valence-corrected chi connectivity index (χ3v) is 5.42. The summed E-state index contributed by atoms with van der Waals surface area (Å²) < 4.78 is 0. The lowest BCUT2D eigenvalue weighted by Gasteiger charge is -2.24. The molecule has 108 valence electrons. The average Bonchev–Trinajstić information content (AvgIpc) is 2.58. The maximum absolute atomic E-state index is 10.2. The second-order valence-corrected chi connectivity index (χ2v) is 7.20. The highest BCUT2D eigenvalue weighted by Crippen LogP contribution is 2.35. The second kappa shape index (κ2) is 4.97. The lowest BCUT2D eigenvalue weighted by Crippen LogP contribution is -2.29. The molecule has 3 heterocycles. The van der Waals surface area contributed by atoms with Crippen LogP contribution >= 0.6 is 11.3 Å². The number of aromatic nitrogens is 2. The molecule has 20 heavy (non-hydrogen) atoms. The Morgan fingerprint density at radius 1 is 1.25 bits per heavy atom. The molecule has 0 saturated carbocycles. The summed E-state index contributed by atoms with van der Waals surface area (Å²) in [6.07, 6.45) is 4.32. The lowest BCUT2D eigenvalue weighted by molar-refractivity contribution is 0.0481. The quantitative estimate of drug-likeness (QED) is 0.877. The first-order valence-electron chi connectivity index (χ1n) is 7.16. The van der Waals surface area contributed by atoms with E-state index in [1.807, 2.05) is 6.92 Å². The van der Waals surface area contributed by atoms with Crippen molar-refractivity contribution in [3.8, 4) is 0 Å². The predicted octanol–water partition coefficient (Wildman–Crippen LogP) is 3.05. The fourth-order valence-corrected chi connectivity index (χ4v) is 3.87. The van der Waals surface area contributed by atoms with Gasteiger partial charge in [0.2, 0.25) is 0 Å². The fraction of sp³-hybridized carbons (Fsp3) is 0.600. The molecule has 2 aromatic rings. The molecule has 0 bridgehead atoms. The Kier molecular flexibility index (Phi) is 3.42. The molecule has 0 aliphatic carbocycles. The molecule has 0 amide bonds. The van der Waals surface area contributed by atoms with Crippen molar-refractivity contribution in [2.45, 2.75) is 45.6 Å². The Balaban J connectivity index is 2.02. The Morgan fingerprint density at radius 2 is 2.05 bits per heavy atom. The predicted molar refractivity (Wildman–Crippen MR) is 83.6 cm³/mol. The number of aryl methyl sites for hydroxylation is 2. The van der Waals surface area contributed by atoms with Crippen molar-refractivity contribution >= 4 is 27.4 Å².